The first-order chi connectivity index (χ1) is 9.69. The molecule has 0 amide bonds. The maximum absolute atomic E-state index is 6.09. The quantitative estimate of drug-likeness (QED) is 0.880. The van der Waals surface area contributed by atoms with E-state index in [9.17, 15) is 0 Å². The zero-order valence-electron chi connectivity index (χ0n) is 11.6. The molecule has 1 aromatic heterocycles. The Labute approximate surface area is 117 Å². The van der Waals surface area contributed by atoms with E-state index in [0.29, 0.717) is 11.6 Å². The number of methoxy groups -OCH3 is 1. The lowest BCUT2D eigenvalue weighted by Gasteiger charge is -2.36. The van der Waals surface area contributed by atoms with Crippen LogP contribution in [0.3, 0.4) is 0 Å². The molecule has 0 unspecified atom stereocenters. The van der Waals surface area contributed by atoms with Gasteiger partial charge in [0, 0.05) is 24.2 Å². The van der Waals surface area contributed by atoms with E-state index < -0.39 is 0 Å². The highest BCUT2D eigenvalue weighted by Crippen LogP contribution is 2.40. The lowest BCUT2D eigenvalue weighted by molar-refractivity contribution is 0.0374. The van der Waals surface area contributed by atoms with Crippen molar-refractivity contribution in [3.8, 4) is 22.6 Å². The fraction of sp³-hybridized carbons (Fsp3) is 0.357. The van der Waals surface area contributed by atoms with E-state index in [2.05, 4.69) is 22.1 Å². The highest BCUT2D eigenvalue weighted by atomic mass is 16.5. The van der Waals surface area contributed by atoms with Crippen LogP contribution in [-0.4, -0.2) is 48.4 Å². The van der Waals surface area contributed by atoms with Gasteiger partial charge in [-0.3, -0.25) is 10.00 Å². The number of H-pyrrole nitrogens is 1. The van der Waals surface area contributed by atoms with E-state index in [0.717, 1.165) is 30.0 Å². The van der Waals surface area contributed by atoms with Crippen LogP contribution < -0.4 is 15.2 Å². The van der Waals surface area contributed by atoms with Crippen molar-refractivity contribution in [2.24, 2.45) is 0 Å². The normalized spacial score (nSPS) is 15.9. The third kappa shape index (κ3) is 2.18. The zero-order chi connectivity index (χ0) is 14.1. The third-order valence-electron chi connectivity index (χ3n) is 3.47. The number of nitrogens with zero attached hydrogens (tertiary/aromatic N) is 2. The van der Waals surface area contributed by atoms with Crippen LogP contribution >= 0.6 is 0 Å². The molecule has 0 radical (unpaired) electrons. The van der Waals surface area contributed by atoms with Crippen molar-refractivity contribution in [2.75, 3.05) is 33.0 Å². The van der Waals surface area contributed by atoms with Crippen molar-refractivity contribution in [1.29, 1.82) is 0 Å². The molecule has 1 saturated heterocycles. The van der Waals surface area contributed by atoms with Crippen molar-refractivity contribution in [2.45, 2.75) is 6.10 Å². The van der Waals surface area contributed by atoms with Crippen LogP contribution in [0.4, 0.5) is 5.82 Å². The van der Waals surface area contributed by atoms with E-state index in [-0.39, 0.29) is 6.10 Å². The minimum Gasteiger partial charge on any atom is -0.493 e. The van der Waals surface area contributed by atoms with Crippen molar-refractivity contribution in [1.82, 2.24) is 15.1 Å². The number of nitrogens with one attached hydrogen (secondary N) is 1. The molecule has 106 valence electrons. The molecule has 0 aliphatic carbocycles. The van der Waals surface area contributed by atoms with Crippen LogP contribution in [0, 0.1) is 0 Å². The summed E-state index contributed by atoms with van der Waals surface area (Å²) in [6.45, 7) is 1.83. The molecule has 20 heavy (non-hydrogen) atoms. The number of benzene rings is 1. The van der Waals surface area contributed by atoms with Gasteiger partial charge in [0.1, 0.15) is 11.9 Å². The molecule has 1 aliphatic rings. The van der Waals surface area contributed by atoms with Gasteiger partial charge in [-0.15, -0.1) is 0 Å². The molecule has 1 fully saturated rings. The van der Waals surface area contributed by atoms with E-state index in [1.165, 1.54) is 0 Å². The average Bonchev–Trinajstić information content (AvgIpc) is 2.83. The average molecular weight is 274 g/mol. The Morgan fingerprint density at radius 2 is 2.15 bits per heavy atom. The number of likely N-dealkylation sites (N-methyl/N-ethyl adjacent to an activating group) is 1. The highest BCUT2D eigenvalue weighted by Gasteiger charge is 2.27. The molecule has 0 atom stereocenters. The third-order valence-corrected chi connectivity index (χ3v) is 3.47. The molecule has 1 aromatic carbocycles. The van der Waals surface area contributed by atoms with E-state index in [1.54, 1.807) is 13.3 Å². The van der Waals surface area contributed by atoms with Gasteiger partial charge in [-0.05, 0) is 13.1 Å². The molecule has 3 rings (SSSR count). The fourth-order valence-corrected chi connectivity index (χ4v) is 2.40. The summed E-state index contributed by atoms with van der Waals surface area (Å²) in [5.74, 6) is 1.95. The number of aromatic nitrogens is 2. The van der Waals surface area contributed by atoms with Gasteiger partial charge in [0.2, 0.25) is 0 Å². The molecular weight excluding hydrogens is 256 g/mol. The number of hydrogen-bond donors (Lipinski definition) is 2. The smallest absolute Gasteiger partial charge is 0.169 e. The molecule has 0 bridgehead atoms. The topological polar surface area (TPSA) is 76.4 Å². The lowest BCUT2D eigenvalue weighted by Crippen LogP contribution is -2.51. The second-order valence-corrected chi connectivity index (χ2v) is 5.00. The molecule has 1 aliphatic heterocycles. The van der Waals surface area contributed by atoms with Gasteiger partial charge in [0.05, 0.1) is 13.3 Å². The van der Waals surface area contributed by atoms with Crippen LogP contribution in [0.15, 0.2) is 24.4 Å². The predicted molar refractivity (Wildman–Crippen MR) is 76.9 cm³/mol. The number of nitrogens with two attached hydrogens (primary N) is 1. The van der Waals surface area contributed by atoms with Crippen LogP contribution in [0.5, 0.6) is 11.5 Å². The molecule has 0 saturated carbocycles. The summed E-state index contributed by atoms with van der Waals surface area (Å²) in [5, 5.41) is 6.71. The summed E-state index contributed by atoms with van der Waals surface area (Å²) in [5.41, 5.74) is 7.63. The molecular formula is C14H18N4O2. The maximum Gasteiger partial charge on any atom is 0.169 e. The number of aromatic amines is 1. The van der Waals surface area contributed by atoms with Gasteiger partial charge >= 0.3 is 0 Å². The minimum absolute atomic E-state index is 0.183. The van der Waals surface area contributed by atoms with E-state index in [4.69, 9.17) is 15.2 Å². The Morgan fingerprint density at radius 1 is 1.35 bits per heavy atom. The van der Waals surface area contributed by atoms with Crippen LogP contribution in [0.2, 0.25) is 0 Å². The van der Waals surface area contributed by atoms with Crippen molar-refractivity contribution < 1.29 is 9.47 Å². The van der Waals surface area contributed by atoms with Crippen LogP contribution in [-0.2, 0) is 0 Å². The van der Waals surface area contributed by atoms with Crippen molar-refractivity contribution >= 4 is 5.82 Å². The Kier molecular flexibility index (Phi) is 3.23. The number of anilines is 1. The van der Waals surface area contributed by atoms with Crippen LogP contribution in [0.1, 0.15) is 0 Å². The van der Waals surface area contributed by atoms with Crippen molar-refractivity contribution in [3.63, 3.8) is 0 Å². The SMILES string of the molecule is COc1cccc(-c2cn[nH]c2N)c1OC1CN(C)C1. The van der Waals surface area contributed by atoms with Gasteiger partial charge in [-0.1, -0.05) is 12.1 Å². The Bertz CT molecular complexity index is 605. The van der Waals surface area contributed by atoms with Gasteiger partial charge in [-0.25, -0.2) is 0 Å². The predicted octanol–water partition coefficient (Wildman–Crippen LogP) is 1.36. The Hall–Kier alpha value is -2.21. The summed E-state index contributed by atoms with van der Waals surface area (Å²) in [6, 6.07) is 5.76. The van der Waals surface area contributed by atoms with E-state index in [1.807, 2.05) is 18.2 Å². The van der Waals surface area contributed by atoms with Gasteiger partial charge in [-0.2, -0.15) is 5.10 Å². The van der Waals surface area contributed by atoms with Crippen molar-refractivity contribution in [3.05, 3.63) is 24.4 Å². The molecule has 6 nitrogen and oxygen atoms in total. The Morgan fingerprint density at radius 3 is 2.75 bits per heavy atom. The molecule has 6 heteroatoms. The number of likely N-dealkylation sites (tertiary alicyclic amines) is 1. The van der Waals surface area contributed by atoms with Gasteiger partial charge in [0.15, 0.2) is 11.5 Å². The minimum atomic E-state index is 0.183. The Balaban J connectivity index is 1.98. The van der Waals surface area contributed by atoms with Gasteiger partial charge in [0.25, 0.3) is 0 Å². The number of para-hydroxylation sites is 1. The first-order valence-electron chi connectivity index (χ1n) is 6.50. The summed E-state index contributed by atoms with van der Waals surface area (Å²) in [4.78, 5) is 2.20. The second kappa shape index (κ2) is 5.05. The summed E-state index contributed by atoms with van der Waals surface area (Å²) < 4.78 is 11.5. The summed E-state index contributed by atoms with van der Waals surface area (Å²) >= 11 is 0. The number of nitrogen functional groups attached to an aromatic ring is 1. The largest absolute Gasteiger partial charge is 0.493 e. The zero-order valence-corrected chi connectivity index (χ0v) is 11.6. The monoisotopic (exact) mass is 274 g/mol. The highest BCUT2D eigenvalue weighted by molar-refractivity contribution is 5.80. The standard InChI is InChI=1S/C14H18N4O2/c1-18-7-9(8-18)20-13-10(4-3-5-12(13)19-2)11-6-16-17-14(11)15/h3-6,9H,7-8H2,1-2H3,(H3,15,16,17). The molecule has 3 N–H and O–H groups in total. The molecule has 0 spiro atoms. The summed E-state index contributed by atoms with van der Waals surface area (Å²) in [6.07, 6.45) is 1.88. The molecule has 2 aromatic rings. The number of rotatable bonds is 4. The first kappa shape index (κ1) is 12.8. The second-order valence-electron chi connectivity index (χ2n) is 5.00. The number of hydrogen-bond acceptors (Lipinski definition) is 5. The first-order valence-corrected chi connectivity index (χ1v) is 6.50. The van der Waals surface area contributed by atoms with Gasteiger partial charge < -0.3 is 15.2 Å². The van der Waals surface area contributed by atoms with Crippen LogP contribution in [0.25, 0.3) is 11.1 Å². The lowest BCUT2D eigenvalue weighted by atomic mass is 10.1. The maximum atomic E-state index is 6.09. The number of ether oxygens (including phenoxy) is 2. The summed E-state index contributed by atoms with van der Waals surface area (Å²) in [7, 11) is 3.70. The molecule has 2 heterocycles. The fourth-order valence-electron chi connectivity index (χ4n) is 2.40. The van der Waals surface area contributed by atoms with E-state index >= 15 is 0 Å².